The number of unbranched alkanes of at least 4 members (excludes halogenated alkanes) is 2. The van der Waals surface area contributed by atoms with Crippen LogP contribution in [0.5, 0.6) is 0 Å². The highest BCUT2D eigenvalue weighted by Gasteiger charge is 2.28. The first-order chi connectivity index (χ1) is 6.80. The fourth-order valence-electron chi connectivity index (χ4n) is 1.18. The van der Waals surface area contributed by atoms with Gasteiger partial charge in [-0.05, 0) is 11.8 Å². The van der Waals surface area contributed by atoms with E-state index in [0.717, 1.165) is 12.8 Å². The zero-order valence-electron chi connectivity index (χ0n) is 10.1. The Hall–Kier alpha value is -0.440. The van der Waals surface area contributed by atoms with Crippen LogP contribution in [-0.2, 0) is 0 Å². The second-order valence-electron chi connectivity index (χ2n) is 4.98. The van der Waals surface area contributed by atoms with E-state index in [2.05, 4.69) is 0 Å². The molecule has 1 N–H and O–H groups in total. The van der Waals surface area contributed by atoms with Crippen molar-refractivity contribution in [3.63, 3.8) is 0 Å². The minimum absolute atomic E-state index is 0.0901. The van der Waals surface area contributed by atoms with Gasteiger partial charge in [0.2, 0.25) is 0 Å². The van der Waals surface area contributed by atoms with Gasteiger partial charge in [0, 0.05) is 6.42 Å². The van der Waals surface area contributed by atoms with Crippen LogP contribution in [-0.4, -0.2) is 11.2 Å². The second-order valence-corrected chi connectivity index (χ2v) is 4.98. The molecule has 1 nitrogen and oxygen atoms in total. The van der Waals surface area contributed by atoms with Gasteiger partial charge in [-0.1, -0.05) is 40.5 Å². The summed E-state index contributed by atoms with van der Waals surface area (Å²) in [5.74, 6) is -1.80. The molecule has 0 saturated heterocycles. The van der Waals surface area contributed by atoms with Gasteiger partial charge >= 0.3 is 0 Å². The van der Waals surface area contributed by atoms with Gasteiger partial charge in [-0.2, -0.15) is 0 Å². The molecule has 0 fully saturated rings. The lowest BCUT2D eigenvalue weighted by Crippen LogP contribution is -2.27. The summed E-state index contributed by atoms with van der Waals surface area (Å²) < 4.78 is 26.6. The summed E-state index contributed by atoms with van der Waals surface area (Å²) in [6.45, 7) is 7.03. The Morgan fingerprint density at radius 3 is 2.13 bits per heavy atom. The quantitative estimate of drug-likeness (QED) is 0.691. The molecule has 3 heteroatoms. The topological polar surface area (TPSA) is 20.2 Å². The summed E-state index contributed by atoms with van der Waals surface area (Å²) in [4.78, 5) is 0. The van der Waals surface area contributed by atoms with Gasteiger partial charge in [0.1, 0.15) is 11.9 Å². The van der Waals surface area contributed by atoms with Crippen molar-refractivity contribution in [3.8, 4) is 0 Å². The van der Waals surface area contributed by atoms with Crippen LogP contribution < -0.4 is 0 Å². The van der Waals surface area contributed by atoms with Gasteiger partial charge in [0.25, 0.3) is 0 Å². The van der Waals surface area contributed by atoms with Crippen molar-refractivity contribution >= 4 is 0 Å². The van der Waals surface area contributed by atoms with Gasteiger partial charge in [-0.15, -0.1) is 0 Å². The smallest absolute Gasteiger partial charge is 0.160 e. The van der Waals surface area contributed by atoms with E-state index in [-0.39, 0.29) is 6.42 Å². The minimum Gasteiger partial charge on any atom is -0.385 e. The van der Waals surface area contributed by atoms with Crippen LogP contribution in [0, 0.1) is 5.41 Å². The normalized spacial score (nSPS) is 16.2. The summed E-state index contributed by atoms with van der Waals surface area (Å²) in [7, 11) is 0. The highest BCUT2D eigenvalue weighted by molar-refractivity contribution is 5.08. The van der Waals surface area contributed by atoms with E-state index in [1.165, 1.54) is 0 Å². The van der Waals surface area contributed by atoms with Crippen LogP contribution in [0.25, 0.3) is 0 Å². The van der Waals surface area contributed by atoms with Gasteiger partial charge < -0.3 is 5.11 Å². The zero-order valence-corrected chi connectivity index (χ0v) is 10.1. The third-order valence-electron chi connectivity index (χ3n) is 2.32. The molecule has 15 heavy (non-hydrogen) atoms. The van der Waals surface area contributed by atoms with Crippen LogP contribution in [0.3, 0.4) is 0 Å². The molecule has 0 aromatic rings. The minimum atomic E-state index is -1.35. The average molecular weight is 220 g/mol. The highest BCUT2D eigenvalue weighted by atomic mass is 19.2. The maximum Gasteiger partial charge on any atom is 0.160 e. The lowest BCUT2D eigenvalue weighted by atomic mass is 9.88. The van der Waals surface area contributed by atoms with Crippen LogP contribution in [0.1, 0.15) is 53.4 Å². The van der Waals surface area contributed by atoms with E-state index < -0.39 is 23.2 Å². The van der Waals surface area contributed by atoms with Gasteiger partial charge in [0.15, 0.2) is 5.83 Å². The molecule has 90 valence electrons. The molecule has 0 aliphatic rings. The van der Waals surface area contributed by atoms with Crippen LogP contribution >= 0.6 is 0 Å². The molecule has 0 aromatic heterocycles. The number of aliphatic hydroxyl groups excluding tert-OH is 1. The molecule has 0 rings (SSSR count). The Bertz CT molecular complexity index is 216. The first-order valence-electron chi connectivity index (χ1n) is 5.52. The number of allylic oxidation sites excluding steroid dienone is 1. The summed E-state index contributed by atoms with van der Waals surface area (Å²) in [6, 6.07) is 0. The van der Waals surface area contributed by atoms with Crippen molar-refractivity contribution in [2.24, 2.45) is 5.41 Å². The lowest BCUT2D eigenvalue weighted by Gasteiger charge is -2.24. The van der Waals surface area contributed by atoms with E-state index >= 15 is 0 Å². The Morgan fingerprint density at radius 1 is 1.20 bits per heavy atom. The van der Waals surface area contributed by atoms with E-state index in [0.29, 0.717) is 6.42 Å². The largest absolute Gasteiger partial charge is 0.385 e. The zero-order chi connectivity index (χ0) is 12.1. The first kappa shape index (κ1) is 14.6. The molecule has 1 atom stereocenters. The fraction of sp³-hybridized carbons (Fsp3) is 0.833. The Labute approximate surface area is 91.2 Å². The summed E-state index contributed by atoms with van der Waals surface area (Å²) in [5, 5.41) is 9.51. The number of hydrogen-bond acceptors (Lipinski definition) is 1. The van der Waals surface area contributed by atoms with Crippen molar-refractivity contribution in [1.29, 1.82) is 0 Å². The maximum atomic E-state index is 13.4. The van der Waals surface area contributed by atoms with Gasteiger partial charge in [-0.3, -0.25) is 0 Å². The van der Waals surface area contributed by atoms with Crippen LogP contribution in [0.15, 0.2) is 11.7 Å². The van der Waals surface area contributed by atoms with Crippen molar-refractivity contribution in [2.75, 3.05) is 0 Å². The van der Waals surface area contributed by atoms with Gasteiger partial charge in [-0.25, -0.2) is 8.78 Å². The molecule has 0 aromatic carbocycles. The van der Waals surface area contributed by atoms with E-state index in [1.807, 2.05) is 6.92 Å². The third kappa shape index (κ3) is 5.26. The van der Waals surface area contributed by atoms with Crippen molar-refractivity contribution in [2.45, 2.75) is 59.5 Å². The average Bonchev–Trinajstić information content (AvgIpc) is 2.14. The van der Waals surface area contributed by atoms with Crippen molar-refractivity contribution < 1.29 is 13.9 Å². The summed E-state index contributed by atoms with van der Waals surface area (Å²) >= 11 is 0. The third-order valence-corrected chi connectivity index (χ3v) is 2.32. The highest BCUT2D eigenvalue weighted by Crippen LogP contribution is 2.29. The molecule has 0 bridgehead atoms. The van der Waals surface area contributed by atoms with Gasteiger partial charge in [0.05, 0.1) is 0 Å². The molecule has 0 radical (unpaired) electrons. The molecular formula is C12H22F2O. The number of rotatable bonds is 5. The lowest BCUT2D eigenvalue weighted by molar-refractivity contribution is 0.0707. The SMILES string of the molecule is CCCCCC(F)=C(F)C(O)C(C)(C)C. The Morgan fingerprint density at radius 2 is 1.73 bits per heavy atom. The molecule has 0 aliphatic carbocycles. The number of hydrogen-bond donors (Lipinski definition) is 1. The van der Waals surface area contributed by atoms with E-state index in [4.69, 9.17) is 0 Å². The maximum absolute atomic E-state index is 13.4. The standard InChI is InChI=1S/C12H22F2O/c1-5-6-7-8-9(13)10(14)11(15)12(2,3)4/h11,15H,5-8H2,1-4H3. The van der Waals surface area contributed by atoms with Crippen molar-refractivity contribution in [3.05, 3.63) is 11.7 Å². The molecule has 0 heterocycles. The first-order valence-corrected chi connectivity index (χ1v) is 5.52. The predicted molar refractivity (Wildman–Crippen MR) is 58.8 cm³/mol. The van der Waals surface area contributed by atoms with E-state index in [9.17, 15) is 13.9 Å². The summed E-state index contributed by atoms with van der Waals surface area (Å²) in [5.41, 5.74) is -0.661. The number of aliphatic hydroxyl groups is 1. The fourth-order valence-corrected chi connectivity index (χ4v) is 1.18. The Kier molecular flexibility index (Phi) is 6.03. The molecule has 0 amide bonds. The van der Waals surface area contributed by atoms with E-state index in [1.54, 1.807) is 20.8 Å². The Balaban J connectivity index is 4.36. The predicted octanol–water partition coefficient (Wildman–Crippen LogP) is 4.12. The molecular weight excluding hydrogens is 198 g/mol. The summed E-state index contributed by atoms with van der Waals surface area (Å²) in [6.07, 6.45) is 1.22. The van der Waals surface area contributed by atoms with Crippen LogP contribution in [0.4, 0.5) is 8.78 Å². The molecule has 0 spiro atoms. The molecule has 0 saturated carbocycles. The second kappa shape index (κ2) is 6.21. The molecule has 1 unspecified atom stereocenters. The number of halogens is 2. The monoisotopic (exact) mass is 220 g/mol. The molecule has 0 aliphatic heterocycles. The van der Waals surface area contributed by atoms with Crippen molar-refractivity contribution in [1.82, 2.24) is 0 Å². The van der Waals surface area contributed by atoms with Crippen LogP contribution in [0.2, 0.25) is 0 Å².